The van der Waals surface area contributed by atoms with Crippen molar-refractivity contribution in [2.24, 2.45) is 21.6 Å². The first-order valence-electron chi connectivity index (χ1n) is 8.50. The summed E-state index contributed by atoms with van der Waals surface area (Å²) in [5.74, 6) is -1.45. The quantitative estimate of drug-likeness (QED) is 0.592. The highest BCUT2D eigenvalue weighted by atomic mass is 35.5. The second kappa shape index (κ2) is 5.73. The van der Waals surface area contributed by atoms with Gasteiger partial charge in [-0.3, -0.25) is 9.89 Å². The molecule has 5 unspecified atom stereocenters. The Morgan fingerprint density at radius 2 is 2.50 bits per heavy atom. The number of nitrogens with one attached hydrogen (secondary N) is 1. The van der Waals surface area contributed by atoms with E-state index >= 15 is 0 Å². The van der Waals surface area contributed by atoms with Crippen molar-refractivity contribution in [2.75, 3.05) is 26.2 Å². The number of piperazine rings is 1. The van der Waals surface area contributed by atoms with E-state index in [1.54, 1.807) is 6.21 Å². The van der Waals surface area contributed by atoms with E-state index in [2.05, 4.69) is 21.8 Å². The standard InChI is InChI=1S/C17H23ClFN5/c1-11(15(20)17(19)6-12(18)8-23-17)7-22-14-9-24-5-4-21-10-16(24)3-2-13(14)16/h6-8,13-15,21H,1-5,9-10,20H2. The zero-order valence-electron chi connectivity index (χ0n) is 13.6. The molecule has 2 saturated heterocycles. The molecule has 0 bridgehead atoms. The largest absolute Gasteiger partial charge is 0.319 e. The summed E-state index contributed by atoms with van der Waals surface area (Å²) < 4.78 is 14.7. The summed E-state index contributed by atoms with van der Waals surface area (Å²) in [7, 11) is 0. The van der Waals surface area contributed by atoms with E-state index < -0.39 is 11.8 Å². The van der Waals surface area contributed by atoms with E-state index in [1.807, 2.05) is 0 Å². The summed E-state index contributed by atoms with van der Waals surface area (Å²) in [4.78, 5) is 11.1. The Hall–Kier alpha value is -1.08. The maximum absolute atomic E-state index is 14.7. The summed E-state index contributed by atoms with van der Waals surface area (Å²) in [6.07, 6.45) is 6.59. The maximum atomic E-state index is 14.7. The molecule has 1 saturated carbocycles. The molecule has 3 aliphatic heterocycles. The van der Waals surface area contributed by atoms with Crippen molar-refractivity contribution in [3.63, 3.8) is 0 Å². The second-order valence-electron chi connectivity index (χ2n) is 7.28. The van der Waals surface area contributed by atoms with Crippen molar-refractivity contribution < 1.29 is 4.39 Å². The number of rotatable bonds is 4. The van der Waals surface area contributed by atoms with Gasteiger partial charge in [-0.15, -0.1) is 0 Å². The predicted octanol–water partition coefficient (Wildman–Crippen LogP) is 1.25. The van der Waals surface area contributed by atoms with Gasteiger partial charge in [0.15, 0.2) is 0 Å². The van der Waals surface area contributed by atoms with Crippen molar-refractivity contribution >= 4 is 24.0 Å². The van der Waals surface area contributed by atoms with E-state index in [0.717, 1.165) is 26.2 Å². The molecule has 1 aliphatic carbocycles. The van der Waals surface area contributed by atoms with Crippen molar-refractivity contribution in [3.8, 4) is 0 Å². The van der Waals surface area contributed by atoms with Crippen molar-refractivity contribution in [1.82, 2.24) is 10.2 Å². The molecule has 0 aromatic rings. The van der Waals surface area contributed by atoms with Gasteiger partial charge < -0.3 is 11.1 Å². The third-order valence-electron chi connectivity index (χ3n) is 6.06. The molecular formula is C17H23ClFN5. The minimum atomic E-state index is -2.02. The van der Waals surface area contributed by atoms with Crippen molar-refractivity contribution in [1.29, 1.82) is 0 Å². The Kier molecular flexibility index (Phi) is 3.91. The monoisotopic (exact) mass is 351 g/mol. The number of halogens is 2. The van der Waals surface area contributed by atoms with Crippen LogP contribution in [-0.2, 0) is 0 Å². The zero-order valence-corrected chi connectivity index (χ0v) is 14.3. The summed E-state index contributed by atoms with van der Waals surface area (Å²) >= 11 is 5.78. The van der Waals surface area contributed by atoms with Gasteiger partial charge in [0.2, 0.25) is 5.79 Å². The zero-order chi connectivity index (χ0) is 16.9. The van der Waals surface area contributed by atoms with Crippen LogP contribution in [0.1, 0.15) is 12.8 Å². The van der Waals surface area contributed by atoms with Crippen LogP contribution < -0.4 is 11.1 Å². The van der Waals surface area contributed by atoms with Gasteiger partial charge in [0.05, 0.1) is 17.1 Å². The molecule has 1 spiro atoms. The molecule has 3 fully saturated rings. The maximum Gasteiger partial charge on any atom is 0.239 e. The SMILES string of the molecule is C=C(C=NC1CN2CCNCC23CCC13)C(N)C1(F)C=C(Cl)C=N1. The van der Waals surface area contributed by atoms with Gasteiger partial charge in [0, 0.05) is 50.1 Å². The highest BCUT2D eigenvalue weighted by Gasteiger charge is 2.59. The first-order chi connectivity index (χ1) is 11.4. The van der Waals surface area contributed by atoms with E-state index in [4.69, 9.17) is 22.3 Å². The van der Waals surface area contributed by atoms with Crippen LogP contribution in [0.5, 0.6) is 0 Å². The van der Waals surface area contributed by atoms with Crippen LogP contribution in [0, 0.1) is 5.92 Å². The molecule has 4 aliphatic rings. The van der Waals surface area contributed by atoms with Crippen LogP contribution in [0.4, 0.5) is 4.39 Å². The average molecular weight is 352 g/mol. The lowest BCUT2D eigenvalue weighted by molar-refractivity contribution is -0.00135. The smallest absolute Gasteiger partial charge is 0.239 e. The molecule has 0 radical (unpaired) electrons. The molecular weight excluding hydrogens is 329 g/mol. The van der Waals surface area contributed by atoms with Gasteiger partial charge in [0.1, 0.15) is 0 Å². The molecule has 24 heavy (non-hydrogen) atoms. The average Bonchev–Trinajstić information content (AvgIpc) is 3.00. The normalized spacial score (nSPS) is 42.5. The molecule has 0 amide bonds. The Labute approximate surface area is 146 Å². The van der Waals surface area contributed by atoms with E-state index in [-0.39, 0.29) is 16.6 Å². The van der Waals surface area contributed by atoms with Gasteiger partial charge in [-0.1, -0.05) is 18.2 Å². The lowest BCUT2D eigenvalue weighted by atomic mass is 9.65. The number of aliphatic imine (C=N–C) groups is 2. The molecule has 3 N–H and O–H groups in total. The molecule has 0 aromatic heterocycles. The molecule has 130 valence electrons. The third kappa shape index (κ3) is 2.39. The fourth-order valence-corrected chi connectivity index (χ4v) is 4.77. The molecule has 0 aromatic carbocycles. The first kappa shape index (κ1) is 16.4. The fraction of sp³-hybridized carbons (Fsp3) is 0.647. The number of alkyl halides is 1. The van der Waals surface area contributed by atoms with Crippen molar-refractivity contribution in [2.45, 2.75) is 36.3 Å². The summed E-state index contributed by atoms with van der Waals surface area (Å²) in [5, 5.41) is 3.77. The molecule has 7 heteroatoms. The first-order valence-corrected chi connectivity index (χ1v) is 8.88. The minimum absolute atomic E-state index is 0.240. The van der Waals surface area contributed by atoms with Crippen LogP contribution in [0.15, 0.2) is 33.2 Å². The Morgan fingerprint density at radius 3 is 3.12 bits per heavy atom. The lowest BCUT2D eigenvalue weighted by Gasteiger charge is -2.53. The van der Waals surface area contributed by atoms with Gasteiger partial charge in [-0.2, -0.15) is 0 Å². The molecule has 5 nitrogen and oxygen atoms in total. The number of nitrogens with two attached hydrogens (primary N) is 1. The summed E-state index contributed by atoms with van der Waals surface area (Å²) in [6.45, 7) is 8.03. The van der Waals surface area contributed by atoms with Crippen LogP contribution in [0.3, 0.4) is 0 Å². The highest BCUT2D eigenvalue weighted by Crippen LogP contribution is 2.51. The minimum Gasteiger partial charge on any atom is -0.319 e. The second-order valence-corrected chi connectivity index (χ2v) is 7.72. The Morgan fingerprint density at radius 1 is 1.67 bits per heavy atom. The van der Waals surface area contributed by atoms with E-state index in [0.29, 0.717) is 11.5 Å². The number of allylic oxidation sites excluding steroid dienone is 1. The topological polar surface area (TPSA) is 66.0 Å². The van der Waals surface area contributed by atoms with E-state index in [1.165, 1.54) is 25.1 Å². The van der Waals surface area contributed by atoms with Crippen molar-refractivity contribution in [3.05, 3.63) is 23.3 Å². The molecule has 5 atom stereocenters. The van der Waals surface area contributed by atoms with E-state index in [9.17, 15) is 4.39 Å². The van der Waals surface area contributed by atoms with Crippen LogP contribution in [0.2, 0.25) is 0 Å². The lowest BCUT2D eigenvalue weighted by Crippen LogP contribution is -2.65. The number of hydrogen-bond acceptors (Lipinski definition) is 5. The highest BCUT2D eigenvalue weighted by molar-refractivity contribution is 6.39. The van der Waals surface area contributed by atoms with Gasteiger partial charge in [-0.05, 0) is 24.5 Å². The van der Waals surface area contributed by atoms with Gasteiger partial charge in [-0.25, -0.2) is 9.38 Å². The fourth-order valence-electron chi connectivity index (χ4n) is 4.57. The van der Waals surface area contributed by atoms with Crippen LogP contribution >= 0.6 is 11.6 Å². The number of hydrogen-bond donors (Lipinski definition) is 2. The summed E-state index contributed by atoms with van der Waals surface area (Å²) in [5.41, 5.74) is 6.72. The summed E-state index contributed by atoms with van der Waals surface area (Å²) in [6, 6.07) is -0.737. The van der Waals surface area contributed by atoms with Gasteiger partial charge in [0.25, 0.3) is 0 Å². The van der Waals surface area contributed by atoms with Crippen LogP contribution in [-0.4, -0.2) is 66.9 Å². The number of nitrogens with zero attached hydrogens (tertiary/aromatic N) is 3. The Bertz CT molecular complexity index is 647. The third-order valence-corrected chi connectivity index (χ3v) is 6.27. The predicted molar refractivity (Wildman–Crippen MR) is 95.6 cm³/mol. The Balaban J connectivity index is 1.44. The molecule has 3 heterocycles. The van der Waals surface area contributed by atoms with Gasteiger partial charge >= 0.3 is 0 Å². The molecule has 4 rings (SSSR count). The van der Waals surface area contributed by atoms with Crippen LogP contribution in [0.25, 0.3) is 0 Å².